The summed E-state index contributed by atoms with van der Waals surface area (Å²) in [5, 5.41) is 3.90. The number of benzene rings is 1. The van der Waals surface area contributed by atoms with Gasteiger partial charge in [-0.3, -0.25) is 0 Å². The van der Waals surface area contributed by atoms with Crippen LogP contribution in [0, 0.1) is 5.82 Å². The van der Waals surface area contributed by atoms with Crippen molar-refractivity contribution in [2.75, 3.05) is 6.54 Å². The lowest BCUT2D eigenvalue weighted by atomic mass is 10.2. The molecular weight excluding hydrogens is 285 g/mol. The van der Waals surface area contributed by atoms with Crippen LogP contribution in [0.5, 0.6) is 0 Å². The molecule has 1 aliphatic heterocycles. The van der Waals surface area contributed by atoms with Crippen LogP contribution >= 0.6 is 11.6 Å². The van der Waals surface area contributed by atoms with Crippen LogP contribution in [0.1, 0.15) is 24.8 Å². The van der Waals surface area contributed by atoms with E-state index in [1.165, 1.54) is 12.1 Å². The van der Waals surface area contributed by atoms with Crippen LogP contribution in [-0.4, -0.2) is 22.8 Å². The summed E-state index contributed by atoms with van der Waals surface area (Å²) in [6.07, 6.45) is 1.49. The normalized spacial score (nSPS) is 22.4. The minimum Gasteiger partial charge on any atom is -0.364 e. The van der Waals surface area contributed by atoms with E-state index in [9.17, 15) is 4.39 Å². The number of rotatable bonds is 3. The molecule has 20 heavy (non-hydrogen) atoms. The predicted molar refractivity (Wildman–Crippen MR) is 70.6 cm³/mol. The average molecular weight is 298 g/mol. The van der Waals surface area contributed by atoms with Gasteiger partial charge >= 0.3 is 0 Å². The molecule has 2 aromatic rings. The first kappa shape index (κ1) is 13.5. The summed E-state index contributed by atoms with van der Waals surface area (Å²) in [7, 11) is 0. The van der Waals surface area contributed by atoms with Crippen molar-refractivity contribution < 1.29 is 13.7 Å². The highest BCUT2D eigenvalue weighted by atomic mass is 35.5. The van der Waals surface area contributed by atoms with Gasteiger partial charge < -0.3 is 15.0 Å². The van der Waals surface area contributed by atoms with Gasteiger partial charge in [0, 0.05) is 12.1 Å². The van der Waals surface area contributed by atoms with Crippen LogP contribution < -0.4 is 5.73 Å². The first-order valence-electron chi connectivity index (χ1n) is 6.32. The third kappa shape index (κ3) is 2.54. The summed E-state index contributed by atoms with van der Waals surface area (Å²) in [5.41, 5.74) is 6.16. The van der Waals surface area contributed by atoms with Crippen molar-refractivity contribution in [3.63, 3.8) is 0 Å². The first-order chi connectivity index (χ1) is 9.67. The van der Waals surface area contributed by atoms with E-state index in [0.717, 1.165) is 12.8 Å². The lowest BCUT2D eigenvalue weighted by Gasteiger charge is -2.07. The van der Waals surface area contributed by atoms with E-state index in [0.29, 0.717) is 23.8 Å². The molecule has 5 nitrogen and oxygen atoms in total. The molecule has 1 aromatic carbocycles. The van der Waals surface area contributed by atoms with E-state index in [4.69, 9.17) is 26.6 Å². The number of hydrogen-bond donors (Lipinski definition) is 1. The predicted octanol–water partition coefficient (Wildman–Crippen LogP) is 2.71. The average Bonchev–Trinajstić information content (AvgIpc) is 3.09. The van der Waals surface area contributed by atoms with Gasteiger partial charge in [-0.1, -0.05) is 16.8 Å². The maximum atomic E-state index is 13.1. The Hall–Kier alpha value is -1.50. The van der Waals surface area contributed by atoms with Crippen LogP contribution in [0.15, 0.2) is 22.7 Å². The van der Waals surface area contributed by atoms with E-state index in [1.54, 1.807) is 6.07 Å². The molecule has 0 saturated carbocycles. The van der Waals surface area contributed by atoms with Gasteiger partial charge in [-0.05, 0) is 31.0 Å². The number of nitrogens with two attached hydrogens (primary N) is 1. The zero-order chi connectivity index (χ0) is 14.1. The molecule has 0 spiro atoms. The first-order valence-corrected chi connectivity index (χ1v) is 6.69. The Bertz CT molecular complexity index is 619. The Morgan fingerprint density at radius 3 is 2.95 bits per heavy atom. The monoisotopic (exact) mass is 297 g/mol. The zero-order valence-corrected chi connectivity index (χ0v) is 11.3. The quantitative estimate of drug-likeness (QED) is 0.943. The van der Waals surface area contributed by atoms with Crippen molar-refractivity contribution in [1.29, 1.82) is 0 Å². The zero-order valence-electron chi connectivity index (χ0n) is 10.6. The van der Waals surface area contributed by atoms with Gasteiger partial charge in [0.05, 0.1) is 11.1 Å². The molecule has 0 radical (unpaired) electrons. The van der Waals surface area contributed by atoms with Gasteiger partial charge in [0.25, 0.3) is 5.89 Å². The van der Waals surface area contributed by atoms with Crippen molar-refractivity contribution in [1.82, 2.24) is 10.1 Å². The Kier molecular flexibility index (Phi) is 3.69. The van der Waals surface area contributed by atoms with Gasteiger partial charge in [-0.2, -0.15) is 4.98 Å². The highest BCUT2D eigenvalue weighted by Crippen LogP contribution is 2.32. The van der Waals surface area contributed by atoms with Crippen LogP contribution in [0.2, 0.25) is 5.02 Å². The number of hydrogen-bond acceptors (Lipinski definition) is 5. The van der Waals surface area contributed by atoms with Gasteiger partial charge in [0.2, 0.25) is 5.82 Å². The van der Waals surface area contributed by atoms with Gasteiger partial charge in [-0.15, -0.1) is 0 Å². The molecule has 2 atom stereocenters. The molecule has 1 aliphatic rings. The molecule has 2 N–H and O–H groups in total. The molecule has 0 aliphatic carbocycles. The second-order valence-corrected chi connectivity index (χ2v) is 5.05. The largest absolute Gasteiger partial charge is 0.364 e. The number of ether oxygens (including phenoxy) is 1. The molecule has 2 heterocycles. The van der Waals surface area contributed by atoms with Gasteiger partial charge in [-0.25, -0.2) is 4.39 Å². The van der Waals surface area contributed by atoms with Crippen molar-refractivity contribution in [2.24, 2.45) is 5.73 Å². The molecule has 0 bridgehead atoms. The summed E-state index contributed by atoms with van der Waals surface area (Å²) in [6, 6.07) is 4.28. The fourth-order valence-corrected chi connectivity index (χ4v) is 2.36. The Balaban J connectivity index is 1.81. The van der Waals surface area contributed by atoms with Crippen molar-refractivity contribution in [2.45, 2.75) is 25.0 Å². The molecule has 1 saturated heterocycles. The summed E-state index contributed by atoms with van der Waals surface area (Å²) >= 11 is 5.74. The van der Waals surface area contributed by atoms with Crippen LogP contribution in [0.4, 0.5) is 4.39 Å². The van der Waals surface area contributed by atoms with E-state index in [-0.39, 0.29) is 17.2 Å². The number of halogens is 2. The van der Waals surface area contributed by atoms with Gasteiger partial charge in [0.1, 0.15) is 11.9 Å². The SMILES string of the molecule is NCC1CCC(c2nc(-c3ccc(F)c(Cl)c3)no2)O1. The minimum absolute atomic E-state index is 0.0224. The molecule has 0 amide bonds. The van der Waals surface area contributed by atoms with E-state index >= 15 is 0 Å². The van der Waals surface area contributed by atoms with Crippen molar-refractivity contribution >= 4 is 11.6 Å². The van der Waals surface area contributed by atoms with Crippen LogP contribution in [0.25, 0.3) is 11.4 Å². The second kappa shape index (κ2) is 5.47. The van der Waals surface area contributed by atoms with Gasteiger partial charge in [0.15, 0.2) is 0 Å². The number of nitrogens with zero attached hydrogens (tertiary/aromatic N) is 2. The Labute approximate surface area is 119 Å². The fourth-order valence-electron chi connectivity index (χ4n) is 2.18. The maximum Gasteiger partial charge on any atom is 0.256 e. The third-order valence-corrected chi connectivity index (χ3v) is 3.56. The molecule has 3 rings (SSSR count). The van der Waals surface area contributed by atoms with Crippen molar-refractivity contribution in [3.05, 3.63) is 34.9 Å². The molecule has 1 fully saturated rings. The van der Waals surface area contributed by atoms with Crippen LogP contribution in [-0.2, 0) is 4.74 Å². The fraction of sp³-hybridized carbons (Fsp3) is 0.385. The summed E-state index contributed by atoms with van der Waals surface area (Å²) < 4.78 is 24.0. The molecule has 2 unspecified atom stereocenters. The third-order valence-electron chi connectivity index (χ3n) is 3.27. The molecular formula is C13H13ClFN3O2. The molecule has 7 heteroatoms. The standard InChI is InChI=1S/C13H13ClFN3O2/c14-9-5-7(1-3-10(9)15)12-17-13(20-18-12)11-4-2-8(6-16)19-11/h1,3,5,8,11H,2,4,6,16H2. The summed E-state index contributed by atoms with van der Waals surface area (Å²) in [5.74, 6) is 0.294. The molecule has 1 aromatic heterocycles. The number of aromatic nitrogens is 2. The van der Waals surface area contributed by atoms with E-state index in [1.807, 2.05) is 0 Å². The lowest BCUT2D eigenvalue weighted by molar-refractivity contribution is 0.0307. The Morgan fingerprint density at radius 2 is 2.25 bits per heavy atom. The lowest BCUT2D eigenvalue weighted by Crippen LogP contribution is -2.18. The highest BCUT2D eigenvalue weighted by molar-refractivity contribution is 6.31. The van der Waals surface area contributed by atoms with Crippen LogP contribution in [0.3, 0.4) is 0 Å². The smallest absolute Gasteiger partial charge is 0.256 e. The highest BCUT2D eigenvalue weighted by Gasteiger charge is 2.30. The molecule has 106 valence electrons. The summed E-state index contributed by atoms with van der Waals surface area (Å²) in [4.78, 5) is 4.28. The minimum atomic E-state index is -0.482. The second-order valence-electron chi connectivity index (χ2n) is 4.64. The van der Waals surface area contributed by atoms with E-state index in [2.05, 4.69) is 10.1 Å². The Morgan fingerprint density at radius 1 is 1.40 bits per heavy atom. The van der Waals surface area contributed by atoms with E-state index < -0.39 is 5.82 Å². The van der Waals surface area contributed by atoms with Crippen molar-refractivity contribution in [3.8, 4) is 11.4 Å². The topological polar surface area (TPSA) is 74.2 Å². The maximum absolute atomic E-state index is 13.1. The summed E-state index contributed by atoms with van der Waals surface area (Å²) in [6.45, 7) is 0.477.